The van der Waals surface area contributed by atoms with Gasteiger partial charge < -0.3 is 14.8 Å². The zero-order valence-corrected chi connectivity index (χ0v) is 12.4. The second kappa shape index (κ2) is 5.30. The molecule has 1 aliphatic rings. The molecule has 0 unspecified atom stereocenters. The van der Waals surface area contributed by atoms with E-state index in [-0.39, 0.29) is 0 Å². The van der Waals surface area contributed by atoms with Gasteiger partial charge in [-0.2, -0.15) is 0 Å². The van der Waals surface area contributed by atoms with E-state index in [1.165, 1.54) is 11.3 Å². The fourth-order valence-electron chi connectivity index (χ4n) is 2.47. The van der Waals surface area contributed by atoms with Crippen molar-refractivity contribution in [1.82, 2.24) is 20.1 Å². The van der Waals surface area contributed by atoms with Crippen LogP contribution in [-0.4, -0.2) is 28.4 Å². The molecule has 100 valence electrons. The van der Waals surface area contributed by atoms with Gasteiger partial charge in [0.05, 0.1) is 6.54 Å². The lowest BCUT2D eigenvalue weighted by atomic mass is 10.1. The summed E-state index contributed by atoms with van der Waals surface area (Å²) in [5.41, 5.74) is 2.57. The number of aromatic nitrogens is 3. The van der Waals surface area contributed by atoms with Crippen molar-refractivity contribution in [1.29, 1.82) is 0 Å². The van der Waals surface area contributed by atoms with Crippen LogP contribution in [0.1, 0.15) is 11.4 Å². The monoisotopic (exact) mass is 321 g/mol. The first-order chi connectivity index (χ1) is 9.28. The third-order valence-electron chi connectivity index (χ3n) is 3.39. The van der Waals surface area contributed by atoms with Gasteiger partial charge in [-0.1, -0.05) is 15.9 Å². The molecule has 0 saturated heterocycles. The third-order valence-corrected chi connectivity index (χ3v) is 3.88. The average Bonchev–Trinajstić information content (AvgIpc) is 2.86. The first-order valence-corrected chi connectivity index (χ1v) is 7.12. The Hall–Kier alpha value is -1.40. The van der Waals surface area contributed by atoms with Crippen LogP contribution in [-0.2, 0) is 19.6 Å². The largest absolute Gasteiger partial charge is 0.362 e. The molecule has 0 amide bonds. The first-order valence-electron chi connectivity index (χ1n) is 6.32. The first kappa shape index (κ1) is 12.6. The Labute approximate surface area is 120 Å². The van der Waals surface area contributed by atoms with E-state index in [4.69, 9.17) is 0 Å². The predicted molar refractivity (Wildman–Crippen MR) is 78.0 cm³/mol. The smallest absolute Gasteiger partial charge is 0.152 e. The highest BCUT2D eigenvalue weighted by Gasteiger charge is 2.19. The van der Waals surface area contributed by atoms with E-state index in [9.17, 15) is 0 Å². The molecule has 1 aromatic heterocycles. The Bertz CT molecular complexity index is 580. The second-order valence-corrected chi connectivity index (χ2v) is 5.58. The summed E-state index contributed by atoms with van der Waals surface area (Å²) < 4.78 is 3.23. The van der Waals surface area contributed by atoms with Gasteiger partial charge in [0.25, 0.3) is 0 Å². The van der Waals surface area contributed by atoms with Gasteiger partial charge in [0, 0.05) is 29.8 Å². The highest BCUT2D eigenvalue weighted by molar-refractivity contribution is 9.10. The number of halogens is 1. The predicted octanol–water partition coefficient (Wildman–Crippen LogP) is 1.78. The molecule has 1 N–H and O–H groups in total. The van der Waals surface area contributed by atoms with Crippen LogP contribution in [0.4, 0.5) is 5.69 Å². The molecule has 2 heterocycles. The zero-order chi connectivity index (χ0) is 13.2. The number of rotatable bonds is 3. The van der Waals surface area contributed by atoms with E-state index in [0.717, 1.165) is 36.5 Å². The van der Waals surface area contributed by atoms with E-state index in [1.54, 1.807) is 0 Å². The molecule has 0 fully saturated rings. The zero-order valence-electron chi connectivity index (χ0n) is 10.8. The highest BCUT2D eigenvalue weighted by atomic mass is 79.9. The van der Waals surface area contributed by atoms with Gasteiger partial charge in [0.15, 0.2) is 5.82 Å². The molecular weight excluding hydrogens is 306 g/mol. The average molecular weight is 322 g/mol. The number of nitrogens with one attached hydrogen (secondary N) is 1. The van der Waals surface area contributed by atoms with Crippen molar-refractivity contribution in [3.05, 3.63) is 40.4 Å². The van der Waals surface area contributed by atoms with Crippen molar-refractivity contribution >= 4 is 21.6 Å². The molecule has 0 radical (unpaired) electrons. The molecule has 1 aliphatic heterocycles. The molecule has 2 aromatic rings. The van der Waals surface area contributed by atoms with E-state index in [1.807, 2.05) is 13.4 Å². The lowest BCUT2D eigenvalue weighted by molar-refractivity contribution is 0.558. The van der Waals surface area contributed by atoms with Gasteiger partial charge in [-0.05, 0) is 30.8 Å². The molecule has 3 rings (SSSR count). The number of anilines is 1. The van der Waals surface area contributed by atoms with Crippen molar-refractivity contribution in [3.63, 3.8) is 0 Å². The minimum atomic E-state index is 0.818. The summed E-state index contributed by atoms with van der Waals surface area (Å²) in [4.78, 5) is 2.36. The summed E-state index contributed by atoms with van der Waals surface area (Å²) in [6, 6.07) is 6.43. The minimum Gasteiger partial charge on any atom is -0.362 e. The molecule has 5 nitrogen and oxygen atoms in total. The number of benzene rings is 1. The van der Waals surface area contributed by atoms with Crippen LogP contribution in [0.2, 0.25) is 0 Å². The van der Waals surface area contributed by atoms with E-state index >= 15 is 0 Å². The lowest BCUT2D eigenvalue weighted by Gasteiger charge is -2.30. The summed E-state index contributed by atoms with van der Waals surface area (Å²) in [5.74, 6) is 1.03. The minimum absolute atomic E-state index is 0.818. The summed E-state index contributed by atoms with van der Waals surface area (Å²) in [6.45, 7) is 3.61. The lowest BCUT2D eigenvalue weighted by Crippen LogP contribution is -2.34. The van der Waals surface area contributed by atoms with Crippen LogP contribution in [0.5, 0.6) is 0 Å². The molecular formula is C13H16BrN5. The van der Waals surface area contributed by atoms with Crippen LogP contribution >= 0.6 is 15.9 Å². The Balaban J connectivity index is 1.90. The van der Waals surface area contributed by atoms with Crippen LogP contribution in [0.25, 0.3) is 0 Å². The van der Waals surface area contributed by atoms with E-state index < -0.39 is 0 Å². The van der Waals surface area contributed by atoms with Gasteiger partial charge in [0.2, 0.25) is 0 Å². The number of hydrogen-bond acceptors (Lipinski definition) is 4. The van der Waals surface area contributed by atoms with Crippen molar-refractivity contribution in [2.45, 2.75) is 19.6 Å². The second-order valence-electron chi connectivity index (χ2n) is 4.67. The molecule has 0 bridgehead atoms. The Morgan fingerprint density at radius 3 is 3.11 bits per heavy atom. The molecule has 19 heavy (non-hydrogen) atoms. The van der Waals surface area contributed by atoms with Gasteiger partial charge >= 0.3 is 0 Å². The molecule has 0 saturated carbocycles. The third kappa shape index (κ3) is 2.50. The summed E-state index contributed by atoms with van der Waals surface area (Å²) in [7, 11) is 1.97. The molecule has 6 heteroatoms. The summed E-state index contributed by atoms with van der Waals surface area (Å²) >= 11 is 3.54. The molecule has 0 aliphatic carbocycles. The number of fused-ring (bicyclic) bond motifs is 1. The van der Waals surface area contributed by atoms with E-state index in [0.29, 0.717) is 0 Å². The molecule has 0 spiro atoms. The highest BCUT2D eigenvalue weighted by Crippen LogP contribution is 2.27. The normalized spacial score (nSPS) is 14.5. The summed E-state index contributed by atoms with van der Waals surface area (Å²) in [6.07, 6.45) is 1.81. The fourth-order valence-corrected chi connectivity index (χ4v) is 2.88. The maximum absolute atomic E-state index is 4.17. The van der Waals surface area contributed by atoms with Gasteiger partial charge in [-0.3, -0.25) is 0 Å². The Morgan fingerprint density at radius 1 is 1.37 bits per heavy atom. The standard InChI is InChI=1S/C13H16BrN5/c1-15-7-10-6-11(14)2-3-12(10)18-4-5-19-9-16-17-13(19)8-18/h2-3,6,9,15H,4-5,7-8H2,1H3. The Kier molecular flexibility index (Phi) is 3.52. The van der Waals surface area contributed by atoms with Crippen molar-refractivity contribution in [2.24, 2.45) is 0 Å². The molecule has 0 atom stereocenters. The van der Waals surface area contributed by atoms with Crippen molar-refractivity contribution in [2.75, 3.05) is 18.5 Å². The van der Waals surface area contributed by atoms with Gasteiger partial charge in [-0.25, -0.2) is 0 Å². The maximum Gasteiger partial charge on any atom is 0.152 e. The Morgan fingerprint density at radius 2 is 2.26 bits per heavy atom. The van der Waals surface area contributed by atoms with Crippen molar-refractivity contribution < 1.29 is 0 Å². The van der Waals surface area contributed by atoms with Crippen LogP contribution in [0.3, 0.4) is 0 Å². The molecule has 1 aromatic carbocycles. The van der Waals surface area contributed by atoms with E-state index in [2.05, 4.69) is 59.1 Å². The number of hydrogen-bond donors (Lipinski definition) is 1. The van der Waals surface area contributed by atoms with Crippen LogP contribution < -0.4 is 10.2 Å². The maximum atomic E-state index is 4.17. The van der Waals surface area contributed by atoms with Crippen molar-refractivity contribution in [3.8, 4) is 0 Å². The summed E-state index contributed by atoms with van der Waals surface area (Å²) in [5, 5.41) is 11.4. The SMILES string of the molecule is CNCc1cc(Br)ccc1N1CCn2cnnc2C1. The van der Waals surface area contributed by atoms with Gasteiger partial charge in [0.1, 0.15) is 6.33 Å². The quantitative estimate of drug-likeness (QED) is 0.936. The van der Waals surface area contributed by atoms with Crippen LogP contribution in [0, 0.1) is 0 Å². The van der Waals surface area contributed by atoms with Gasteiger partial charge in [-0.15, -0.1) is 10.2 Å². The van der Waals surface area contributed by atoms with Crippen LogP contribution in [0.15, 0.2) is 29.0 Å². The topological polar surface area (TPSA) is 46.0 Å². The fraction of sp³-hybridized carbons (Fsp3) is 0.385. The number of nitrogens with zero attached hydrogens (tertiary/aromatic N) is 4.